The number of hydrogen-bond donors (Lipinski definition) is 0. The molecule has 2 fully saturated rings. The maximum Gasteiger partial charge on any atom is 0.160 e. The zero-order valence-corrected chi connectivity index (χ0v) is 6.92. The van der Waals surface area contributed by atoms with E-state index in [0.29, 0.717) is 5.92 Å². The highest BCUT2D eigenvalue weighted by Crippen LogP contribution is 2.29. The van der Waals surface area contributed by atoms with Crippen LogP contribution in [-0.4, -0.2) is 19.5 Å². The highest BCUT2D eigenvalue weighted by molar-refractivity contribution is 4.70. The molecule has 0 amide bonds. The molecule has 0 unspecified atom stereocenters. The van der Waals surface area contributed by atoms with Crippen molar-refractivity contribution >= 4 is 0 Å². The molecular weight excluding hydrogens is 140 g/mol. The van der Waals surface area contributed by atoms with Gasteiger partial charge in [-0.2, -0.15) is 0 Å². The van der Waals surface area contributed by atoms with Gasteiger partial charge in [0.1, 0.15) is 0 Å². The Kier molecular flexibility index (Phi) is 2.44. The fourth-order valence-corrected chi connectivity index (χ4v) is 2.06. The first-order valence-corrected chi connectivity index (χ1v) is 4.70. The molecule has 11 heavy (non-hydrogen) atoms. The topological polar surface area (TPSA) is 18.5 Å². The quantitative estimate of drug-likeness (QED) is 0.577. The normalized spacial score (nSPS) is 29.5. The van der Waals surface area contributed by atoms with Gasteiger partial charge in [-0.05, 0) is 12.8 Å². The lowest BCUT2D eigenvalue weighted by Crippen LogP contribution is -2.23. The van der Waals surface area contributed by atoms with Crippen LogP contribution in [0.3, 0.4) is 0 Å². The van der Waals surface area contributed by atoms with Crippen LogP contribution in [0.5, 0.6) is 0 Å². The fraction of sp³-hybridized carbons (Fsp3) is 1.00. The summed E-state index contributed by atoms with van der Waals surface area (Å²) in [6.07, 6.45) is 6.91. The van der Waals surface area contributed by atoms with E-state index in [9.17, 15) is 0 Å². The molecular formula is C9H16O2. The van der Waals surface area contributed by atoms with E-state index in [0.717, 1.165) is 13.2 Å². The Balaban J connectivity index is 1.82. The molecule has 1 heterocycles. The van der Waals surface area contributed by atoms with Gasteiger partial charge >= 0.3 is 0 Å². The third kappa shape index (κ3) is 1.74. The predicted molar refractivity (Wildman–Crippen MR) is 42.3 cm³/mol. The summed E-state index contributed by atoms with van der Waals surface area (Å²) in [5.74, 6) is 0.700. The van der Waals surface area contributed by atoms with Crippen molar-refractivity contribution < 1.29 is 9.47 Å². The average Bonchev–Trinajstić information content (AvgIpc) is 2.58. The van der Waals surface area contributed by atoms with Gasteiger partial charge in [0.05, 0.1) is 13.2 Å². The highest BCUT2D eigenvalue weighted by Gasteiger charge is 2.27. The molecule has 0 spiro atoms. The first kappa shape index (κ1) is 7.56. The summed E-state index contributed by atoms with van der Waals surface area (Å²) >= 11 is 0. The van der Waals surface area contributed by atoms with Crippen molar-refractivity contribution in [3.8, 4) is 0 Å². The van der Waals surface area contributed by atoms with Crippen LogP contribution in [0.2, 0.25) is 0 Å². The van der Waals surface area contributed by atoms with Crippen LogP contribution in [0.15, 0.2) is 0 Å². The lowest BCUT2D eigenvalue weighted by molar-refractivity contribution is -0.0920. The molecule has 0 radical (unpaired) electrons. The van der Waals surface area contributed by atoms with E-state index in [1.165, 1.54) is 32.1 Å². The fourth-order valence-electron chi connectivity index (χ4n) is 2.06. The molecule has 2 nitrogen and oxygen atoms in total. The van der Waals surface area contributed by atoms with Crippen LogP contribution in [0.1, 0.15) is 32.1 Å². The molecule has 0 atom stereocenters. The Hall–Kier alpha value is -0.0800. The van der Waals surface area contributed by atoms with Crippen molar-refractivity contribution in [2.24, 2.45) is 5.92 Å². The molecule has 1 aliphatic heterocycles. The molecule has 2 rings (SSSR count). The predicted octanol–water partition coefficient (Wildman–Crippen LogP) is 1.94. The number of ether oxygens (including phenoxy) is 2. The molecule has 0 aromatic heterocycles. The maximum atomic E-state index is 5.47. The molecule has 1 saturated heterocycles. The SMILES string of the molecule is C1CCC(C2OCCO2)CC1. The van der Waals surface area contributed by atoms with E-state index in [1.54, 1.807) is 0 Å². The lowest BCUT2D eigenvalue weighted by Gasteiger charge is -2.25. The number of rotatable bonds is 1. The molecule has 2 heteroatoms. The van der Waals surface area contributed by atoms with E-state index >= 15 is 0 Å². The highest BCUT2D eigenvalue weighted by atomic mass is 16.7. The zero-order chi connectivity index (χ0) is 7.52. The van der Waals surface area contributed by atoms with Crippen molar-refractivity contribution in [1.29, 1.82) is 0 Å². The smallest absolute Gasteiger partial charge is 0.160 e. The Morgan fingerprint density at radius 2 is 1.45 bits per heavy atom. The second kappa shape index (κ2) is 3.55. The summed E-state index contributed by atoms with van der Waals surface area (Å²) in [5, 5.41) is 0. The monoisotopic (exact) mass is 156 g/mol. The number of hydrogen-bond acceptors (Lipinski definition) is 2. The van der Waals surface area contributed by atoms with E-state index < -0.39 is 0 Å². The van der Waals surface area contributed by atoms with Crippen molar-refractivity contribution in [3.05, 3.63) is 0 Å². The van der Waals surface area contributed by atoms with Crippen LogP contribution in [0, 0.1) is 5.92 Å². The molecule has 1 saturated carbocycles. The summed E-state index contributed by atoms with van der Waals surface area (Å²) in [5.41, 5.74) is 0. The van der Waals surface area contributed by atoms with E-state index in [-0.39, 0.29) is 6.29 Å². The van der Waals surface area contributed by atoms with Crippen LogP contribution >= 0.6 is 0 Å². The van der Waals surface area contributed by atoms with Crippen LogP contribution in [0.4, 0.5) is 0 Å². The van der Waals surface area contributed by atoms with Crippen LogP contribution < -0.4 is 0 Å². The summed E-state index contributed by atoms with van der Waals surface area (Å²) in [7, 11) is 0. The third-order valence-electron chi connectivity index (χ3n) is 2.68. The van der Waals surface area contributed by atoms with Gasteiger partial charge in [-0.15, -0.1) is 0 Å². The van der Waals surface area contributed by atoms with E-state index in [1.807, 2.05) is 0 Å². The van der Waals surface area contributed by atoms with Gasteiger partial charge in [0.25, 0.3) is 0 Å². The summed E-state index contributed by atoms with van der Waals surface area (Å²) < 4.78 is 10.9. The van der Waals surface area contributed by atoms with Gasteiger partial charge in [0, 0.05) is 5.92 Å². The third-order valence-corrected chi connectivity index (χ3v) is 2.68. The molecule has 0 aromatic carbocycles. The molecule has 0 bridgehead atoms. The van der Waals surface area contributed by atoms with Gasteiger partial charge < -0.3 is 9.47 Å². The van der Waals surface area contributed by atoms with Crippen LogP contribution in [0.25, 0.3) is 0 Å². The Morgan fingerprint density at radius 1 is 0.818 bits per heavy atom. The van der Waals surface area contributed by atoms with Gasteiger partial charge in [-0.1, -0.05) is 19.3 Å². The van der Waals surface area contributed by atoms with Gasteiger partial charge in [0.15, 0.2) is 6.29 Å². The molecule has 2 aliphatic rings. The van der Waals surface area contributed by atoms with E-state index in [2.05, 4.69) is 0 Å². The van der Waals surface area contributed by atoms with Gasteiger partial charge in [-0.25, -0.2) is 0 Å². The summed E-state index contributed by atoms with van der Waals surface area (Å²) in [6.45, 7) is 1.61. The average molecular weight is 156 g/mol. The minimum Gasteiger partial charge on any atom is -0.350 e. The minimum atomic E-state index is 0.148. The molecule has 64 valence electrons. The first-order valence-electron chi connectivity index (χ1n) is 4.70. The van der Waals surface area contributed by atoms with Gasteiger partial charge in [0.2, 0.25) is 0 Å². The van der Waals surface area contributed by atoms with Gasteiger partial charge in [-0.3, -0.25) is 0 Å². The largest absolute Gasteiger partial charge is 0.350 e. The Bertz CT molecular complexity index is 113. The zero-order valence-electron chi connectivity index (χ0n) is 6.92. The van der Waals surface area contributed by atoms with Crippen LogP contribution in [-0.2, 0) is 9.47 Å². The second-order valence-corrected chi connectivity index (χ2v) is 3.51. The standard InChI is InChI=1S/C9H16O2/c1-2-4-8(5-3-1)9-10-6-7-11-9/h8-9H,1-7H2. The lowest BCUT2D eigenvalue weighted by atomic mass is 9.89. The summed E-state index contributed by atoms with van der Waals surface area (Å²) in [6, 6.07) is 0. The van der Waals surface area contributed by atoms with Crippen molar-refractivity contribution in [2.75, 3.05) is 13.2 Å². The van der Waals surface area contributed by atoms with Crippen molar-refractivity contribution in [1.82, 2.24) is 0 Å². The minimum absolute atomic E-state index is 0.148. The summed E-state index contributed by atoms with van der Waals surface area (Å²) in [4.78, 5) is 0. The molecule has 1 aliphatic carbocycles. The van der Waals surface area contributed by atoms with Crippen molar-refractivity contribution in [3.63, 3.8) is 0 Å². The van der Waals surface area contributed by atoms with Crippen molar-refractivity contribution in [2.45, 2.75) is 38.4 Å². The maximum absolute atomic E-state index is 5.47. The first-order chi connectivity index (χ1) is 5.47. The second-order valence-electron chi connectivity index (χ2n) is 3.51. The Morgan fingerprint density at radius 3 is 2.09 bits per heavy atom. The molecule has 0 aromatic rings. The van der Waals surface area contributed by atoms with E-state index in [4.69, 9.17) is 9.47 Å². The Labute approximate surface area is 67.9 Å². The molecule has 0 N–H and O–H groups in total.